The molecule has 0 N–H and O–H groups in total. The summed E-state index contributed by atoms with van der Waals surface area (Å²) in [7, 11) is 0. The number of rotatable bonds is 5. The minimum Gasteiger partial charge on any atom is -0.207 e. The van der Waals surface area contributed by atoms with Crippen molar-refractivity contribution in [2.75, 3.05) is 0 Å². The molecule has 0 spiro atoms. The monoisotopic (exact) mass is 412 g/mol. The highest BCUT2D eigenvalue weighted by atomic mass is 32.2. The highest BCUT2D eigenvalue weighted by Crippen LogP contribution is 2.26. The molecule has 5 aromatic rings. The van der Waals surface area contributed by atoms with Crippen LogP contribution < -0.4 is 0 Å². The van der Waals surface area contributed by atoms with E-state index in [1.54, 1.807) is 16.6 Å². The number of hydrogen-bond donors (Lipinski definition) is 0. The Bertz CT molecular complexity index is 1300. The smallest absolute Gasteiger partial charge is 0.207 e. The highest BCUT2D eigenvalue weighted by molar-refractivity contribution is 7.98. The van der Waals surface area contributed by atoms with Crippen molar-refractivity contribution < 1.29 is 4.39 Å². The summed E-state index contributed by atoms with van der Waals surface area (Å²) >= 11 is 1.41. The zero-order valence-corrected chi connectivity index (χ0v) is 16.8. The fourth-order valence-electron chi connectivity index (χ4n) is 3.23. The van der Waals surface area contributed by atoms with Crippen LogP contribution in [0.3, 0.4) is 0 Å². The van der Waals surface area contributed by atoms with Gasteiger partial charge in [0.2, 0.25) is 5.16 Å². The molecule has 0 atom stereocenters. The Morgan fingerprint density at radius 3 is 2.20 bits per heavy atom. The van der Waals surface area contributed by atoms with E-state index in [1.165, 1.54) is 23.4 Å². The maximum absolute atomic E-state index is 13.9. The molecule has 0 aliphatic carbocycles. The van der Waals surface area contributed by atoms with Gasteiger partial charge in [0.1, 0.15) is 5.82 Å². The van der Waals surface area contributed by atoms with Crippen LogP contribution in [0, 0.1) is 5.82 Å². The van der Waals surface area contributed by atoms with Gasteiger partial charge in [-0.05, 0) is 34.9 Å². The molecule has 4 nitrogen and oxygen atoms in total. The lowest BCUT2D eigenvalue weighted by Gasteiger charge is -2.06. The predicted octanol–water partition coefficient (Wildman–Crippen LogP) is 5.89. The summed E-state index contributed by atoms with van der Waals surface area (Å²) in [4.78, 5) is 0. The molecule has 0 radical (unpaired) electrons. The molecular weight excluding hydrogens is 395 g/mol. The van der Waals surface area contributed by atoms with Gasteiger partial charge in [0.15, 0.2) is 5.65 Å². The van der Waals surface area contributed by atoms with Crippen molar-refractivity contribution in [1.82, 2.24) is 19.8 Å². The number of thioether (sulfide) groups is 1. The fourth-order valence-corrected chi connectivity index (χ4v) is 4.11. The minimum absolute atomic E-state index is 0.217. The molecule has 0 aliphatic heterocycles. The molecule has 3 aromatic carbocycles. The Balaban J connectivity index is 1.42. The summed E-state index contributed by atoms with van der Waals surface area (Å²) < 4.78 is 15.6. The molecule has 0 aliphatic rings. The van der Waals surface area contributed by atoms with Crippen molar-refractivity contribution in [2.24, 2.45) is 0 Å². The van der Waals surface area contributed by atoms with E-state index in [0.717, 1.165) is 16.8 Å². The van der Waals surface area contributed by atoms with Crippen LogP contribution in [0.25, 0.3) is 28.0 Å². The van der Waals surface area contributed by atoms with Crippen LogP contribution in [0.4, 0.5) is 4.39 Å². The van der Waals surface area contributed by atoms with Crippen LogP contribution in [0.5, 0.6) is 0 Å². The van der Waals surface area contributed by atoms with E-state index in [2.05, 4.69) is 46.6 Å². The van der Waals surface area contributed by atoms with Crippen molar-refractivity contribution in [3.05, 3.63) is 102 Å². The number of hydrogen-bond acceptors (Lipinski definition) is 4. The summed E-state index contributed by atoms with van der Waals surface area (Å²) in [5.74, 6) is 0.247. The van der Waals surface area contributed by atoms with Gasteiger partial charge in [0.05, 0.1) is 5.69 Å². The largest absolute Gasteiger partial charge is 0.212 e. The molecule has 0 amide bonds. The predicted molar refractivity (Wildman–Crippen MR) is 118 cm³/mol. The second-order valence-electron chi connectivity index (χ2n) is 6.79. The van der Waals surface area contributed by atoms with Crippen LogP contribution in [0.1, 0.15) is 5.56 Å². The summed E-state index contributed by atoms with van der Waals surface area (Å²) in [6.45, 7) is 0. The van der Waals surface area contributed by atoms with E-state index in [0.29, 0.717) is 22.1 Å². The third-order valence-electron chi connectivity index (χ3n) is 4.84. The average molecular weight is 412 g/mol. The Hall–Kier alpha value is -3.51. The molecule has 6 heteroatoms. The van der Waals surface area contributed by atoms with Gasteiger partial charge in [-0.15, -0.1) is 10.2 Å². The first-order chi connectivity index (χ1) is 14.8. The first-order valence-electron chi connectivity index (χ1n) is 9.52. The molecule has 30 heavy (non-hydrogen) atoms. The lowest BCUT2D eigenvalue weighted by atomic mass is 10.0. The van der Waals surface area contributed by atoms with Gasteiger partial charge in [-0.1, -0.05) is 84.6 Å². The molecule has 0 bridgehead atoms. The van der Waals surface area contributed by atoms with Crippen LogP contribution in [-0.4, -0.2) is 19.8 Å². The average Bonchev–Trinajstić information content (AvgIpc) is 3.21. The number of fused-ring (bicyclic) bond motifs is 1. The fraction of sp³-hybridized carbons (Fsp3) is 0.0417. The normalized spacial score (nSPS) is 11.1. The van der Waals surface area contributed by atoms with Gasteiger partial charge < -0.3 is 0 Å². The van der Waals surface area contributed by atoms with Crippen molar-refractivity contribution in [2.45, 2.75) is 10.9 Å². The Morgan fingerprint density at radius 1 is 0.700 bits per heavy atom. The molecule has 0 unspecified atom stereocenters. The lowest BCUT2D eigenvalue weighted by molar-refractivity contribution is 0.617. The van der Waals surface area contributed by atoms with Crippen LogP contribution in [0.2, 0.25) is 0 Å². The molecular formula is C24H17FN4S. The Kier molecular flexibility index (Phi) is 4.99. The quantitative estimate of drug-likeness (QED) is 0.338. The maximum atomic E-state index is 13.9. The highest BCUT2D eigenvalue weighted by Gasteiger charge is 2.11. The van der Waals surface area contributed by atoms with Gasteiger partial charge in [-0.25, -0.2) is 4.39 Å². The van der Waals surface area contributed by atoms with E-state index >= 15 is 0 Å². The van der Waals surface area contributed by atoms with Gasteiger partial charge in [-0.2, -0.15) is 9.61 Å². The van der Waals surface area contributed by atoms with Crippen molar-refractivity contribution in [3.63, 3.8) is 0 Å². The van der Waals surface area contributed by atoms with Gasteiger partial charge in [0, 0.05) is 11.3 Å². The Labute approximate surface area is 177 Å². The topological polar surface area (TPSA) is 43.1 Å². The van der Waals surface area contributed by atoms with Gasteiger partial charge in [-0.3, -0.25) is 0 Å². The first-order valence-corrected chi connectivity index (χ1v) is 10.5. The van der Waals surface area contributed by atoms with Gasteiger partial charge in [0.25, 0.3) is 0 Å². The van der Waals surface area contributed by atoms with E-state index in [4.69, 9.17) is 5.10 Å². The lowest BCUT2D eigenvalue weighted by Crippen LogP contribution is -1.97. The SMILES string of the molecule is Fc1ccccc1CSc1nnc2ccc(-c3ccc(-c4ccccc4)cc3)nn12. The zero-order chi connectivity index (χ0) is 20.3. The summed E-state index contributed by atoms with van der Waals surface area (Å²) in [6, 6.07) is 29.2. The second kappa shape index (κ2) is 8.08. The van der Waals surface area contributed by atoms with E-state index < -0.39 is 0 Å². The van der Waals surface area contributed by atoms with Crippen LogP contribution in [0.15, 0.2) is 96.2 Å². The van der Waals surface area contributed by atoms with E-state index in [-0.39, 0.29) is 5.82 Å². The number of benzene rings is 3. The molecule has 146 valence electrons. The third-order valence-corrected chi connectivity index (χ3v) is 5.80. The summed E-state index contributed by atoms with van der Waals surface area (Å²) in [5, 5.41) is 13.8. The molecule has 5 rings (SSSR count). The first kappa shape index (κ1) is 18.5. The molecule has 2 aromatic heterocycles. The zero-order valence-electron chi connectivity index (χ0n) is 15.9. The molecule has 0 saturated carbocycles. The summed E-state index contributed by atoms with van der Waals surface area (Å²) in [5.41, 5.74) is 5.47. The van der Waals surface area contributed by atoms with Crippen LogP contribution in [-0.2, 0) is 5.75 Å². The standard InChI is InChI=1S/C24H17FN4S/c25-21-9-5-4-8-20(21)16-30-24-27-26-23-15-14-22(28-29(23)24)19-12-10-18(11-13-19)17-6-2-1-3-7-17/h1-15H,16H2. The summed E-state index contributed by atoms with van der Waals surface area (Å²) in [6.07, 6.45) is 0. The second-order valence-corrected chi connectivity index (χ2v) is 7.74. The van der Waals surface area contributed by atoms with E-state index in [9.17, 15) is 4.39 Å². The number of aromatic nitrogens is 4. The Morgan fingerprint density at radius 2 is 1.40 bits per heavy atom. The van der Waals surface area contributed by atoms with Crippen molar-refractivity contribution in [1.29, 1.82) is 0 Å². The number of nitrogens with zero attached hydrogens (tertiary/aromatic N) is 4. The third kappa shape index (κ3) is 3.69. The molecule has 0 saturated heterocycles. The number of halogens is 1. The van der Waals surface area contributed by atoms with Crippen LogP contribution >= 0.6 is 11.8 Å². The van der Waals surface area contributed by atoms with Gasteiger partial charge >= 0.3 is 0 Å². The maximum Gasteiger partial charge on any atom is 0.212 e. The van der Waals surface area contributed by atoms with E-state index in [1.807, 2.05) is 36.4 Å². The molecule has 0 fully saturated rings. The molecule has 2 heterocycles. The van der Waals surface area contributed by atoms with Crippen molar-refractivity contribution >= 4 is 17.4 Å². The van der Waals surface area contributed by atoms with Crippen molar-refractivity contribution in [3.8, 4) is 22.4 Å². The minimum atomic E-state index is -0.217.